The lowest BCUT2D eigenvalue weighted by atomic mass is 10.1. The van der Waals surface area contributed by atoms with Crippen LogP contribution in [0.3, 0.4) is 0 Å². The smallest absolute Gasteiger partial charge is 0.124 e. The third-order valence-corrected chi connectivity index (χ3v) is 4.02. The van der Waals surface area contributed by atoms with Crippen molar-refractivity contribution in [2.75, 3.05) is 19.5 Å². The maximum atomic E-state index is 5.37. The molecule has 0 spiro atoms. The summed E-state index contributed by atoms with van der Waals surface area (Å²) in [5.74, 6) is 1.68. The summed E-state index contributed by atoms with van der Waals surface area (Å²) in [4.78, 5) is 0. The summed E-state index contributed by atoms with van der Waals surface area (Å²) in [5, 5.41) is 3.40. The Morgan fingerprint density at radius 2 is 1.85 bits per heavy atom. The van der Waals surface area contributed by atoms with Gasteiger partial charge in [0.05, 0.1) is 14.2 Å². The van der Waals surface area contributed by atoms with E-state index in [9.17, 15) is 0 Å². The average molecular weight is 336 g/mol. The lowest BCUT2D eigenvalue weighted by Crippen LogP contribution is -2.02. The number of halogens is 1. The second-order valence-corrected chi connectivity index (χ2v) is 5.35. The number of ether oxygens (including phenoxy) is 2. The summed E-state index contributed by atoms with van der Waals surface area (Å²) < 4.78 is 11.7. The van der Waals surface area contributed by atoms with Gasteiger partial charge < -0.3 is 14.8 Å². The number of nitrogens with one attached hydrogen (secondary N) is 1. The van der Waals surface area contributed by atoms with Gasteiger partial charge in [-0.05, 0) is 48.9 Å². The Kier molecular flexibility index (Phi) is 4.90. The Bertz CT molecular complexity index is 599. The van der Waals surface area contributed by atoms with Gasteiger partial charge in [-0.1, -0.05) is 15.9 Å². The fraction of sp³-hybridized carbons (Fsp3) is 0.250. The first-order valence-corrected chi connectivity index (χ1v) is 7.14. The van der Waals surface area contributed by atoms with Crippen molar-refractivity contribution in [3.8, 4) is 11.5 Å². The quantitative estimate of drug-likeness (QED) is 0.879. The first-order chi connectivity index (χ1) is 9.63. The van der Waals surface area contributed by atoms with Crippen LogP contribution in [-0.4, -0.2) is 14.2 Å². The maximum Gasteiger partial charge on any atom is 0.124 e. The molecule has 106 valence electrons. The molecule has 0 aliphatic rings. The van der Waals surface area contributed by atoms with Crippen LogP contribution >= 0.6 is 15.9 Å². The van der Waals surface area contributed by atoms with E-state index in [1.807, 2.05) is 30.3 Å². The summed E-state index contributed by atoms with van der Waals surface area (Å²) in [5.41, 5.74) is 3.34. The topological polar surface area (TPSA) is 30.5 Å². The van der Waals surface area contributed by atoms with Crippen LogP contribution in [0.2, 0.25) is 0 Å². The van der Waals surface area contributed by atoms with E-state index in [0.717, 1.165) is 27.2 Å². The van der Waals surface area contributed by atoms with Crippen molar-refractivity contribution in [2.24, 2.45) is 0 Å². The van der Waals surface area contributed by atoms with Crippen molar-refractivity contribution >= 4 is 21.6 Å². The molecular weight excluding hydrogens is 318 g/mol. The summed E-state index contributed by atoms with van der Waals surface area (Å²) in [7, 11) is 3.34. The summed E-state index contributed by atoms with van der Waals surface area (Å²) >= 11 is 3.50. The van der Waals surface area contributed by atoms with E-state index in [1.165, 1.54) is 5.56 Å². The van der Waals surface area contributed by atoms with Crippen LogP contribution in [0.25, 0.3) is 0 Å². The molecule has 2 aromatic rings. The predicted molar refractivity (Wildman–Crippen MR) is 85.8 cm³/mol. The van der Waals surface area contributed by atoms with Gasteiger partial charge in [-0.25, -0.2) is 0 Å². The molecule has 0 heterocycles. The Labute approximate surface area is 128 Å². The predicted octanol–water partition coefficient (Wildman–Crippen LogP) is 4.39. The standard InChI is InChI=1S/C16H18BrNO2/c1-11-8-13(4-6-15(11)17)18-10-12-9-14(19-2)5-7-16(12)20-3/h4-9,18H,10H2,1-3H3. The van der Waals surface area contributed by atoms with Gasteiger partial charge in [0.1, 0.15) is 11.5 Å². The van der Waals surface area contributed by atoms with Crippen LogP contribution in [0.5, 0.6) is 11.5 Å². The highest BCUT2D eigenvalue weighted by molar-refractivity contribution is 9.10. The molecule has 20 heavy (non-hydrogen) atoms. The molecule has 2 rings (SSSR count). The first kappa shape index (κ1) is 14.7. The molecule has 0 amide bonds. The number of rotatable bonds is 5. The highest BCUT2D eigenvalue weighted by Gasteiger charge is 2.05. The minimum Gasteiger partial charge on any atom is -0.497 e. The fourth-order valence-corrected chi connectivity index (χ4v) is 2.22. The number of methoxy groups -OCH3 is 2. The second-order valence-electron chi connectivity index (χ2n) is 4.50. The normalized spacial score (nSPS) is 10.2. The molecule has 0 saturated carbocycles. The van der Waals surface area contributed by atoms with E-state index in [-0.39, 0.29) is 0 Å². The Balaban J connectivity index is 2.15. The summed E-state index contributed by atoms with van der Waals surface area (Å²) in [6.45, 7) is 2.75. The highest BCUT2D eigenvalue weighted by atomic mass is 79.9. The zero-order chi connectivity index (χ0) is 14.5. The van der Waals surface area contributed by atoms with Crippen molar-refractivity contribution in [2.45, 2.75) is 13.5 Å². The highest BCUT2D eigenvalue weighted by Crippen LogP contribution is 2.26. The molecule has 0 fully saturated rings. The molecular formula is C16H18BrNO2. The van der Waals surface area contributed by atoms with Crippen LogP contribution in [0.1, 0.15) is 11.1 Å². The average Bonchev–Trinajstić information content (AvgIpc) is 2.48. The van der Waals surface area contributed by atoms with E-state index in [4.69, 9.17) is 9.47 Å². The van der Waals surface area contributed by atoms with Gasteiger partial charge in [-0.15, -0.1) is 0 Å². The van der Waals surface area contributed by atoms with Gasteiger partial charge in [0.25, 0.3) is 0 Å². The van der Waals surface area contributed by atoms with E-state index in [1.54, 1.807) is 14.2 Å². The van der Waals surface area contributed by atoms with E-state index >= 15 is 0 Å². The SMILES string of the molecule is COc1ccc(OC)c(CNc2ccc(Br)c(C)c2)c1. The van der Waals surface area contributed by atoms with E-state index < -0.39 is 0 Å². The first-order valence-electron chi connectivity index (χ1n) is 6.35. The number of aryl methyl sites for hydroxylation is 1. The van der Waals surface area contributed by atoms with Gasteiger partial charge in [0.2, 0.25) is 0 Å². The van der Waals surface area contributed by atoms with Crippen LogP contribution in [0.15, 0.2) is 40.9 Å². The third-order valence-electron chi connectivity index (χ3n) is 3.13. The maximum absolute atomic E-state index is 5.37. The monoisotopic (exact) mass is 335 g/mol. The van der Waals surface area contributed by atoms with Crippen molar-refractivity contribution in [1.29, 1.82) is 0 Å². The molecule has 3 nitrogen and oxygen atoms in total. The molecule has 0 aromatic heterocycles. The molecule has 1 N–H and O–H groups in total. The lowest BCUT2D eigenvalue weighted by molar-refractivity contribution is 0.399. The second kappa shape index (κ2) is 6.66. The Hall–Kier alpha value is -1.68. The molecule has 0 unspecified atom stereocenters. The molecule has 0 aliphatic heterocycles. The summed E-state index contributed by atoms with van der Waals surface area (Å²) in [6, 6.07) is 12.0. The zero-order valence-corrected chi connectivity index (χ0v) is 13.5. The van der Waals surface area contributed by atoms with Crippen molar-refractivity contribution in [3.63, 3.8) is 0 Å². The number of benzene rings is 2. The van der Waals surface area contributed by atoms with Gasteiger partial charge in [0.15, 0.2) is 0 Å². The third kappa shape index (κ3) is 3.45. The molecule has 0 bridgehead atoms. The molecule has 0 atom stereocenters. The molecule has 0 saturated heterocycles. The Morgan fingerprint density at radius 1 is 1.05 bits per heavy atom. The fourth-order valence-electron chi connectivity index (χ4n) is 1.97. The summed E-state index contributed by atoms with van der Waals surface area (Å²) in [6.07, 6.45) is 0. The lowest BCUT2D eigenvalue weighted by Gasteiger charge is -2.13. The Morgan fingerprint density at radius 3 is 2.50 bits per heavy atom. The van der Waals surface area contributed by atoms with Crippen LogP contribution in [0.4, 0.5) is 5.69 Å². The minimum absolute atomic E-state index is 0.682. The molecule has 0 radical (unpaired) electrons. The minimum atomic E-state index is 0.682. The van der Waals surface area contributed by atoms with Crippen LogP contribution in [0, 0.1) is 6.92 Å². The van der Waals surface area contributed by atoms with Gasteiger partial charge in [0, 0.05) is 22.3 Å². The molecule has 0 aliphatic carbocycles. The van der Waals surface area contributed by atoms with Crippen molar-refractivity contribution in [1.82, 2.24) is 0 Å². The molecule has 2 aromatic carbocycles. The van der Waals surface area contributed by atoms with Crippen molar-refractivity contribution < 1.29 is 9.47 Å². The van der Waals surface area contributed by atoms with Gasteiger partial charge >= 0.3 is 0 Å². The number of anilines is 1. The largest absolute Gasteiger partial charge is 0.497 e. The van der Waals surface area contributed by atoms with Crippen LogP contribution in [-0.2, 0) is 6.54 Å². The van der Waals surface area contributed by atoms with E-state index in [2.05, 4.69) is 34.2 Å². The van der Waals surface area contributed by atoms with Gasteiger partial charge in [-0.2, -0.15) is 0 Å². The van der Waals surface area contributed by atoms with Crippen LogP contribution < -0.4 is 14.8 Å². The molecule has 4 heteroatoms. The van der Waals surface area contributed by atoms with Gasteiger partial charge in [-0.3, -0.25) is 0 Å². The number of hydrogen-bond donors (Lipinski definition) is 1. The van der Waals surface area contributed by atoms with Crippen molar-refractivity contribution in [3.05, 3.63) is 52.0 Å². The number of hydrogen-bond acceptors (Lipinski definition) is 3. The van der Waals surface area contributed by atoms with E-state index in [0.29, 0.717) is 6.54 Å². The zero-order valence-electron chi connectivity index (χ0n) is 11.9.